The first kappa shape index (κ1) is 16.5. The van der Waals surface area contributed by atoms with Crippen LogP contribution in [-0.4, -0.2) is 26.0 Å². The van der Waals surface area contributed by atoms with Gasteiger partial charge in [0.25, 0.3) is 10.0 Å². The van der Waals surface area contributed by atoms with E-state index in [4.69, 9.17) is 0 Å². The van der Waals surface area contributed by atoms with E-state index >= 15 is 0 Å². The molecule has 4 nitrogen and oxygen atoms in total. The molecule has 0 amide bonds. The van der Waals surface area contributed by atoms with E-state index in [9.17, 15) is 21.6 Å². The SMILES string of the molecule is CC(C)(C)N=C(NS(=O)(=O)c1ccccc1)C(F)(F)F. The molecule has 0 aliphatic carbocycles. The number of rotatable bonds is 2. The molecule has 0 spiro atoms. The molecule has 0 bridgehead atoms. The van der Waals surface area contributed by atoms with Gasteiger partial charge in [0.15, 0.2) is 0 Å². The van der Waals surface area contributed by atoms with E-state index in [-0.39, 0.29) is 4.90 Å². The second-order valence-electron chi connectivity index (χ2n) is 5.05. The van der Waals surface area contributed by atoms with Crippen LogP contribution in [0.2, 0.25) is 0 Å². The van der Waals surface area contributed by atoms with Crippen LogP contribution in [0.4, 0.5) is 13.2 Å². The quantitative estimate of drug-likeness (QED) is 0.674. The number of hydrogen-bond acceptors (Lipinski definition) is 3. The van der Waals surface area contributed by atoms with Gasteiger partial charge in [-0.1, -0.05) is 18.2 Å². The predicted molar refractivity (Wildman–Crippen MR) is 70.0 cm³/mol. The summed E-state index contributed by atoms with van der Waals surface area (Å²) in [5.41, 5.74) is -1.07. The van der Waals surface area contributed by atoms with Crippen LogP contribution in [-0.2, 0) is 10.0 Å². The maximum Gasteiger partial charge on any atom is 0.449 e. The highest BCUT2D eigenvalue weighted by Gasteiger charge is 2.39. The standard InChI is InChI=1S/C12H15F3N2O2S/c1-11(2,3)16-10(12(13,14)15)17-20(18,19)9-7-5-4-6-8-9/h4-8H,1-3H3,(H,16,17). The van der Waals surface area contributed by atoms with Crippen molar-refractivity contribution < 1.29 is 21.6 Å². The number of aliphatic imine (C=N–C) groups is 1. The smallest absolute Gasteiger partial charge is 0.260 e. The summed E-state index contributed by atoms with van der Waals surface area (Å²) in [6.45, 7) is 4.32. The highest BCUT2D eigenvalue weighted by Crippen LogP contribution is 2.21. The Morgan fingerprint density at radius 2 is 1.60 bits per heavy atom. The van der Waals surface area contributed by atoms with Crippen molar-refractivity contribution in [3.8, 4) is 0 Å². The van der Waals surface area contributed by atoms with Gasteiger partial charge in [0.05, 0.1) is 10.4 Å². The van der Waals surface area contributed by atoms with Gasteiger partial charge in [-0.3, -0.25) is 9.71 Å². The number of amidine groups is 1. The van der Waals surface area contributed by atoms with Crippen LogP contribution < -0.4 is 4.72 Å². The summed E-state index contributed by atoms with van der Waals surface area (Å²) in [6.07, 6.45) is -4.88. The van der Waals surface area contributed by atoms with Gasteiger partial charge in [0.1, 0.15) is 0 Å². The summed E-state index contributed by atoms with van der Waals surface area (Å²) in [4.78, 5) is 3.13. The highest BCUT2D eigenvalue weighted by molar-refractivity contribution is 7.90. The van der Waals surface area contributed by atoms with E-state index in [1.165, 1.54) is 49.8 Å². The minimum absolute atomic E-state index is 0.258. The highest BCUT2D eigenvalue weighted by atomic mass is 32.2. The number of benzene rings is 1. The number of nitrogens with one attached hydrogen (secondary N) is 1. The van der Waals surface area contributed by atoms with Crippen molar-refractivity contribution in [3.63, 3.8) is 0 Å². The number of alkyl halides is 3. The number of hydrogen-bond donors (Lipinski definition) is 1. The third-order valence-electron chi connectivity index (χ3n) is 2.00. The van der Waals surface area contributed by atoms with Crippen molar-refractivity contribution in [2.45, 2.75) is 37.4 Å². The fourth-order valence-electron chi connectivity index (χ4n) is 1.27. The Morgan fingerprint density at radius 3 is 2.00 bits per heavy atom. The second kappa shape index (κ2) is 5.43. The monoisotopic (exact) mass is 308 g/mol. The van der Waals surface area contributed by atoms with E-state index in [0.717, 1.165) is 0 Å². The van der Waals surface area contributed by atoms with Gasteiger partial charge in [-0.15, -0.1) is 0 Å². The van der Waals surface area contributed by atoms with Gasteiger partial charge in [0, 0.05) is 0 Å². The molecule has 0 unspecified atom stereocenters. The molecule has 0 saturated carbocycles. The van der Waals surface area contributed by atoms with E-state index in [1.54, 1.807) is 6.07 Å². The largest absolute Gasteiger partial charge is 0.449 e. The van der Waals surface area contributed by atoms with Crippen LogP contribution >= 0.6 is 0 Å². The van der Waals surface area contributed by atoms with E-state index in [2.05, 4.69) is 4.99 Å². The molecule has 1 aromatic rings. The van der Waals surface area contributed by atoms with Gasteiger partial charge < -0.3 is 0 Å². The van der Waals surface area contributed by atoms with Crippen LogP contribution in [0, 0.1) is 0 Å². The van der Waals surface area contributed by atoms with E-state index in [0.29, 0.717) is 0 Å². The zero-order chi connectivity index (χ0) is 15.6. The Morgan fingerprint density at radius 1 is 1.10 bits per heavy atom. The molecule has 0 atom stereocenters. The van der Waals surface area contributed by atoms with Crippen LogP contribution in [0.5, 0.6) is 0 Å². The van der Waals surface area contributed by atoms with Crippen LogP contribution in [0.25, 0.3) is 0 Å². The van der Waals surface area contributed by atoms with Gasteiger partial charge in [-0.2, -0.15) is 13.2 Å². The van der Waals surface area contributed by atoms with Crippen LogP contribution in [0.3, 0.4) is 0 Å². The zero-order valence-electron chi connectivity index (χ0n) is 11.2. The van der Waals surface area contributed by atoms with E-state index < -0.39 is 27.6 Å². The van der Waals surface area contributed by atoms with Gasteiger partial charge in [0.2, 0.25) is 5.84 Å². The van der Waals surface area contributed by atoms with Crippen LogP contribution in [0.1, 0.15) is 20.8 Å². The summed E-state index contributed by atoms with van der Waals surface area (Å²) in [6, 6.07) is 6.80. The van der Waals surface area contributed by atoms with Gasteiger partial charge in [-0.25, -0.2) is 8.42 Å². The Balaban J connectivity index is 3.19. The molecule has 0 aliphatic heterocycles. The molecule has 1 rings (SSSR count). The van der Waals surface area contributed by atoms with Gasteiger partial charge >= 0.3 is 6.18 Å². The molecule has 0 aromatic heterocycles. The molecule has 1 aromatic carbocycles. The predicted octanol–water partition coefficient (Wildman–Crippen LogP) is 2.72. The molecule has 20 heavy (non-hydrogen) atoms. The fourth-order valence-corrected chi connectivity index (χ4v) is 2.31. The van der Waals surface area contributed by atoms with Crippen molar-refractivity contribution in [2.75, 3.05) is 0 Å². The Labute approximate surface area is 115 Å². The molecule has 1 N–H and O–H groups in total. The minimum atomic E-state index is -4.88. The Kier molecular flexibility index (Phi) is 4.48. The summed E-state index contributed by atoms with van der Waals surface area (Å²) in [5, 5.41) is 0. The molecular weight excluding hydrogens is 293 g/mol. The lowest BCUT2D eigenvalue weighted by atomic mass is 10.1. The molecular formula is C12H15F3N2O2S. The summed E-state index contributed by atoms with van der Waals surface area (Å²) < 4.78 is 63.8. The minimum Gasteiger partial charge on any atom is -0.260 e. The van der Waals surface area contributed by atoms with Crippen molar-refractivity contribution in [1.29, 1.82) is 0 Å². The molecule has 8 heteroatoms. The first-order valence-corrected chi connectivity index (χ1v) is 7.15. The van der Waals surface area contributed by atoms with E-state index in [1.807, 2.05) is 0 Å². The first-order chi connectivity index (χ1) is 8.92. The normalized spacial score (nSPS) is 14.2. The lowest BCUT2D eigenvalue weighted by Gasteiger charge is -2.19. The average Bonchev–Trinajstić information content (AvgIpc) is 2.26. The fraction of sp³-hybridized carbons (Fsp3) is 0.417. The zero-order valence-corrected chi connectivity index (χ0v) is 12.0. The molecule has 0 saturated heterocycles. The molecule has 0 fully saturated rings. The maximum atomic E-state index is 12.8. The number of sulfonamides is 1. The van der Waals surface area contributed by atoms with Crippen molar-refractivity contribution in [1.82, 2.24) is 4.72 Å². The third kappa shape index (κ3) is 4.84. The topological polar surface area (TPSA) is 58.5 Å². The summed E-state index contributed by atoms with van der Waals surface area (Å²) >= 11 is 0. The molecule has 112 valence electrons. The lowest BCUT2D eigenvalue weighted by Crippen LogP contribution is -2.42. The summed E-state index contributed by atoms with van der Waals surface area (Å²) in [5.74, 6) is -1.53. The molecule has 0 aliphatic rings. The molecule has 0 radical (unpaired) electrons. The third-order valence-corrected chi connectivity index (χ3v) is 3.36. The van der Waals surface area contributed by atoms with Crippen molar-refractivity contribution in [2.24, 2.45) is 4.99 Å². The Bertz CT molecular complexity index is 587. The average molecular weight is 308 g/mol. The van der Waals surface area contributed by atoms with Crippen molar-refractivity contribution >= 4 is 15.9 Å². The lowest BCUT2D eigenvalue weighted by molar-refractivity contribution is -0.0613. The number of nitrogens with zero attached hydrogens (tertiary/aromatic N) is 1. The molecule has 0 heterocycles. The summed E-state index contributed by atoms with van der Waals surface area (Å²) in [7, 11) is -4.32. The van der Waals surface area contributed by atoms with Crippen LogP contribution in [0.15, 0.2) is 40.2 Å². The first-order valence-electron chi connectivity index (χ1n) is 5.67. The maximum absolute atomic E-state index is 12.8. The second-order valence-corrected chi connectivity index (χ2v) is 6.73. The van der Waals surface area contributed by atoms with Crippen molar-refractivity contribution in [3.05, 3.63) is 30.3 Å². The van der Waals surface area contributed by atoms with Gasteiger partial charge in [-0.05, 0) is 32.9 Å². The Hall–Kier alpha value is -1.57. The number of halogens is 3.